The number of para-hydroxylation sites is 1. The van der Waals surface area contributed by atoms with Gasteiger partial charge in [-0.15, -0.1) is 0 Å². The normalized spacial score (nSPS) is 15.4. The summed E-state index contributed by atoms with van der Waals surface area (Å²) in [7, 11) is 0. The van der Waals surface area contributed by atoms with Gasteiger partial charge in [-0.25, -0.2) is 0 Å². The van der Waals surface area contributed by atoms with E-state index in [0.29, 0.717) is 17.5 Å². The molecular weight excluding hydrogens is 328 g/mol. The Morgan fingerprint density at radius 3 is 2.73 bits per heavy atom. The van der Waals surface area contributed by atoms with Crippen LogP contribution in [-0.4, -0.2) is 15.6 Å². The number of aryl methyl sites for hydroxylation is 2. The van der Waals surface area contributed by atoms with Gasteiger partial charge in [-0.3, -0.25) is 9.59 Å². The van der Waals surface area contributed by atoms with Crippen molar-refractivity contribution in [1.29, 1.82) is 0 Å². The zero-order valence-corrected chi connectivity index (χ0v) is 15.0. The van der Waals surface area contributed by atoms with E-state index in [0.717, 1.165) is 22.2 Å². The molecule has 1 atom stereocenters. The van der Waals surface area contributed by atoms with E-state index in [2.05, 4.69) is 5.32 Å². The molecule has 132 valence electrons. The molecule has 0 unspecified atom stereocenters. The molecule has 2 heterocycles. The van der Waals surface area contributed by atoms with Gasteiger partial charge in [0.25, 0.3) is 11.5 Å². The minimum atomic E-state index is -0.588. The third-order valence-electron chi connectivity index (χ3n) is 5.10. The first-order valence-corrected chi connectivity index (χ1v) is 8.66. The van der Waals surface area contributed by atoms with Crippen LogP contribution < -0.4 is 10.9 Å². The fourth-order valence-corrected chi connectivity index (χ4v) is 3.86. The van der Waals surface area contributed by atoms with Crippen LogP contribution in [0.3, 0.4) is 0 Å². The highest BCUT2D eigenvalue weighted by Gasteiger charge is 2.29. The van der Waals surface area contributed by atoms with Crippen LogP contribution >= 0.6 is 0 Å². The standard InChI is InChI=1S/C21H20N2O3/c1-11-7-8-16(12(2)9-11)22-20(25)17-19(24)15-6-4-5-14-10-13(3)23(18(14)15)21(17)26/h4-9,13,24H,10H2,1-3H3,(H,22,25)/t13-/m0/s1. The topological polar surface area (TPSA) is 71.3 Å². The van der Waals surface area contributed by atoms with Crippen LogP contribution in [0, 0.1) is 13.8 Å². The Morgan fingerprint density at radius 2 is 2.00 bits per heavy atom. The third kappa shape index (κ3) is 2.31. The van der Waals surface area contributed by atoms with Crippen LogP contribution in [0.15, 0.2) is 41.2 Å². The monoisotopic (exact) mass is 348 g/mol. The van der Waals surface area contributed by atoms with Crippen LogP contribution in [0.2, 0.25) is 0 Å². The molecule has 1 aliphatic rings. The molecule has 2 aromatic carbocycles. The maximum Gasteiger partial charge on any atom is 0.268 e. The summed E-state index contributed by atoms with van der Waals surface area (Å²) >= 11 is 0. The van der Waals surface area contributed by atoms with Gasteiger partial charge in [0.2, 0.25) is 0 Å². The molecule has 0 bridgehead atoms. The van der Waals surface area contributed by atoms with Crippen molar-refractivity contribution in [2.75, 3.05) is 5.32 Å². The predicted molar refractivity (Wildman–Crippen MR) is 102 cm³/mol. The van der Waals surface area contributed by atoms with Crippen molar-refractivity contribution in [3.05, 3.63) is 69.0 Å². The Kier molecular flexibility index (Phi) is 3.61. The van der Waals surface area contributed by atoms with E-state index in [1.54, 1.807) is 16.7 Å². The Balaban J connectivity index is 1.88. The number of benzene rings is 2. The molecular formula is C21H20N2O3. The largest absolute Gasteiger partial charge is 0.506 e. The molecule has 5 nitrogen and oxygen atoms in total. The second kappa shape index (κ2) is 5.73. The molecule has 1 amide bonds. The lowest BCUT2D eigenvalue weighted by Crippen LogP contribution is -2.30. The van der Waals surface area contributed by atoms with Crippen molar-refractivity contribution < 1.29 is 9.90 Å². The third-order valence-corrected chi connectivity index (χ3v) is 5.10. The van der Waals surface area contributed by atoms with Crippen molar-refractivity contribution in [3.8, 4) is 5.75 Å². The summed E-state index contributed by atoms with van der Waals surface area (Å²) in [5.41, 5.74) is 3.71. The maximum absolute atomic E-state index is 13.0. The molecule has 0 saturated carbocycles. The second-order valence-electron chi connectivity index (χ2n) is 7.04. The number of hydrogen-bond acceptors (Lipinski definition) is 3. The van der Waals surface area contributed by atoms with Gasteiger partial charge in [0.15, 0.2) is 0 Å². The summed E-state index contributed by atoms with van der Waals surface area (Å²) in [4.78, 5) is 25.8. The summed E-state index contributed by atoms with van der Waals surface area (Å²) in [5.74, 6) is -0.839. The Hall–Kier alpha value is -3.08. The first-order chi connectivity index (χ1) is 12.4. The summed E-state index contributed by atoms with van der Waals surface area (Å²) in [6, 6.07) is 11.1. The average molecular weight is 348 g/mol. The summed E-state index contributed by atoms with van der Waals surface area (Å²) < 4.78 is 1.63. The number of aromatic nitrogens is 1. The first kappa shape index (κ1) is 16.4. The van der Waals surface area contributed by atoms with Crippen LogP contribution in [0.1, 0.15) is 40.0 Å². The first-order valence-electron chi connectivity index (χ1n) is 8.66. The number of pyridine rings is 1. The number of nitrogens with one attached hydrogen (secondary N) is 1. The van der Waals surface area contributed by atoms with Crippen molar-refractivity contribution in [2.24, 2.45) is 0 Å². The van der Waals surface area contributed by atoms with Gasteiger partial charge in [-0.1, -0.05) is 29.8 Å². The maximum atomic E-state index is 13.0. The van der Waals surface area contributed by atoms with Crippen LogP contribution in [-0.2, 0) is 6.42 Å². The van der Waals surface area contributed by atoms with Gasteiger partial charge in [0.05, 0.1) is 5.52 Å². The van der Waals surface area contributed by atoms with Gasteiger partial charge in [0, 0.05) is 17.1 Å². The number of amides is 1. The average Bonchev–Trinajstić information content (AvgIpc) is 2.92. The summed E-state index contributed by atoms with van der Waals surface area (Å²) in [5, 5.41) is 14.0. The van der Waals surface area contributed by atoms with E-state index in [1.165, 1.54) is 0 Å². The van der Waals surface area contributed by atoms with Gasteiger partial charge < -0.3 is 15.0 Å². The molecule has 4 rings (SSSR count). The van der Waals surface area contributed by atoms with E-state index >= 15 is 0 Å². The number of rotatable bonds is 2. The SMILES string of the molecule is Cc1ccc(NC(=O)c2c(O)c3cccc4c3n(c2=O)[C@@H](C)C4)c(C)c1. The molecule has 0 radical (unpaired) electrons. The molecule has 5 heteroatoms. The molecule has 0 aliphatic carbocycles. The van der Waals surface area contributed by atoms with Gasteiger partial charge in [-0.05, 0) is 50.5 Å². The minimum absolute atomic E-state index is 0.0457. The zero-order chi connectivity index (χ0) is 18.6. The fraction of sp³-hybridized carbons (Fsp3) is 0.238. The summed E-state index contributed by atoms with van der Waals surface area (Å²) in [6.45, 7) is 5.81. The number of aromatic hydroxyl groups is 1. The highest BCUT2D eigenvalue weighted by molar-refractivity contribution is 6.09. The van der Waals surface area contributed by atoms with E-state index < -0.39 is 11.5 Å². The van der Waals surface area contributed by atoms with E-state index in [4.69, 9.17) is 0 Å². The second-order valence-corrected chi connectivity index (χ2v) is 7.04. The van der Waals surface area contributed by atoms with E-state index in [9.17, 15) is 14.7 Å². The Labute approximate surface area is 150 Å². The molecule has 0 fully saturated rings. The quantitative estimate of drug-likeness (QED) is 0.742. The van der Waals surface area contributed by atoms with E-state index in [-0.39, 0.29) is 17.4 Å². The number of nitrogens with zero attached hydrogens (tertiary/aromatic N) is 1. The Bertz CT molecular complexity index is 1130. The molecule has 0 spiro atoms. The van der Waals surface area contributed by atoms with Gasteiger partial charge in [-0.2, -0.15) is 0 Å². The lowest BCUT2D eigenvalue weighted by molar-refractivity contribution is 0.102. The van der Waals surface area contributed by atoms with Crippen molar-refractivity contribution in [3.63, 3.8) is 0 Å². The molecule has 2 N–H and O–H groups in total. The van der Waals surface area contributed by atoms with E-state index in [1.807, 2.05) is 45.0 Å². The molecule has 3 aromatic rings. The highest BCUT2D eigenvalue weighted by Crippen LogP contribution is 2.36. The molecule has 26 heavy (non-hydrogen) atoms. The van der Waals surface area contributed by atoms with Crippen LogP contribution in [0.25, 0.3) is 10.9 Å². The fourth-order valence-electron chi connectivity index (χ4n) is 3.86. The minimum Gasteiger partial charge on any atom is -0.506 e. The number of hydrogen-bond donors (Lipinski definition) is 2. The van der Waals surface area contributed by atoms with Crippen LogP contribution in [0.5, 0.6) is 5.75 Å². The molecule has 1 aliphatic heterocycles. The number of carbonyl (C=O) groups is 1. The zero-order valence-electron chi connectivity index (χ0n) is 15.0. The smallest absolute Gasteiger partial charge is 0.268 e. The molecule has 0 saturated heterocycles. The summed E-state index contributed by atoms with van der Waals surface area (Å²) in [6.07, 6.45) is 0.716. The van der Waals surface area contributed by atoms with Crippen molar-refractivity contribution in [1.82, 2.24) is 4.57 Å². The number of anilines is 1. The number of carbonyl (C=O) groups excluding carboxylic acids is 1. The predicted octanol–water partition coefficient (Wildman–Crippen LogP) is 3.69. The van der Waals surface area contributed by atoms with Gasteiger partial charge >= 0.3 is 0 Å². The highest BCUT2D eigenvalue weighted by atomic mass is 16.3. The Morgan fingerprint density at radius 1 is 1.23 bits per heavy atom. The van der Waals surface area contributed by atoms with Crippen LogP contribution in [0.4, 0.5) is 5.69 Å². The van der Waals surface area contributed by atoms with Crippen molar-refractivity contribution >= 4 is 22.5 Å². The lowest BCUT2D eigenvalue weighted by atomic mass is 10.1. The lowest BCUT2D eigenvalue weighted by Gasteiger charge is -2.15. The van der Waals surface area contributed by atoms with Crippen molar-refractivity contribution in [2.45, 2.75) is 33.2 Å². The molecule has 1 aromatic heterocycles. The van der Waals surface area contributed by atoms with Gasteiger partial charge in [0.1, 0.15) is 11.3 Å².